The van der Waals surface area contributed by atoms with Gasteiger partial charge in [-0.15, -0.1) is 0 Å². The van der Waals surface area contributed by atoms with Crippen molar-refractivity contribution < 1.29 is 14.6 Å². The predicted octanol–water partition coefficient (Wildman–Crippen LogP) is 2.35. The lowest BCUT2D eigenvalue weighted by Crippen LogP contribution is -2.50. The third-order valence-electron chi connectivity index (χ3n) is 4.55. The molecule has 0 saturated carbocycles. The molecule has 3 heterocycles. The SMILES string of the molecule is CC(C)(C)OC(=O)N1CC2CC(C1)c1c(Cl)c(CO)cc(=O)n1C2. The van der Waals surface area contributed by atoms with Crippen LogP contribution in [0.1, 0.15) is 44.4 Å². The highest BCUT2D eigenvalue weighted by atomic mass is 35.5. The minimum Gasteiger partial charge on any atom is -0.444 e. The summed E-state index contributed by atoms with van der Waals surface area (Å²) in [7, 11) is 0. The second-order valence-electron chi connectivity index (χ2n) is 7.66. The zero-order valence-electron chi connectivity index (χ0n) is 14.2. The van der Waals surface area contributed by atoms with Gasteiger partial charge >= 0.3 is 6.09 Å². The van der Waals surface area contributed by atoms with Gasteiger partial charge in [0.25, 0.3) is 5.56 Å². The summed E-state index contributed by atoms with van der Waals surface area (Å²) < 4.78 is 7.18. The normalized spacial score (nSPS) is 23.0. The molecule has 1 fully saturated rings. The van der Waals surface area contributed by atoms with Crippen LogP contribution in [0.2, 0.25) is 5.02 Å². The standard InChI is InChI=1S/C17H23ClN2O4/c1-17(2,3)24-16(23)19-6-10-4-11(8-19)15-14(18)12(9-21)5-13(22)20(15)7-10/h5,10-11,21H,4,6-9H2,1-3H3. The highest BCUT2D eigenvalue weighted by Crippen LogP contribution is 2.39. The molecule has 0 aliphatic carbocycles. The van der Waals surface area contributed by atoms with Crippen LogP contribution in [0.25, 0.3) is 0 Å². The van der Waals surface area contributed by atoms with Crippen LogP contribution >= 0.6 is 11.6 Å². The highest BCUT2D eigenvalue weighted by Gasteiger charge is 2.39. The number of amides is 1. The largest absolute Gasteiger partial charge is 0.444 e. The van der Waals surface area contributed by atoms with Crippen LogP contribution < -0.4 is 5.56 Å². The molecule has 7 heteroatoms. The Balaban J connectivity index is 1.92. The van der Waals surface area contributed by atoms with E-state index in [0.29, 0.717) is 30.2 Å². The minimum atomic E-state index is -0.541. The van der Waals surface area contributed by atoms with E-state index in [1.807, 2.05) is 20.8 Å². The fourth-order valence-corrected chi connectivity index (χ4v) is 4.03. The second kappa shape index (κ2) is 6.08. The topological polar surface area (TPSA) is 71.8 Å². The van der Waals surface area contributed by atoms with E-state index in [1.54, 1.807) is 9.47 Å². The van der Waals surface area contributed by atoms with E-state index in [1.165, 1.54) is 6.07 Å². The third-order valence-corrected chi connectivity index (χ3v) is 4.98. The number of hydrogen-bond donors (Lipinski definition) is 1. The minimum absolute atomic E-state index is 0.0169. The molecule has 2 atom stereocenters. The number of carbonyl (C=O) groups excluding carboxylic acids is 1. The first-order valence-corrected chi connectivity index (χ1v) is 8.58. The number of piperidine rings is 1. The Hall–Kier alpha value is -1.53. The number of carbonyl (C=O) groups is 1. The quantitative estimate of drug-likeness (QED) is 0.840. The molecule has 1 aromatic heterocycles. The molecule has 24 heavy (non-hydrogen) atoms. The molecule has 2 unspecified atom stereocenters. The number of hydrogen-bond acceptors (Lipinski definition) is 4. The maximum Gasteiger partial charge on any atom is 0.410 e. The number of rotatable bonds is 1. The van der Waals surface area contributed by atoms with Crippen LogP contribution in [-0.2, 0) is 17.9 Å². The van der Waals surface area contributed by atoms with Gasteiger partial charge in [0, 0.05) is 42.9 Å². The molecule has 6 nitrogen and oxygen atoms in total. The van der Waals surface area contributed by atoms with Crippen molar-refractivity contribution in [3.8, 4) is 0 Å². The smallest absolute Gasteiger partial charge is 0.410 e. The number of halogens is 1. The van der Waals surface area contributed by atoms with Crippen molar-refractivity contribution in [2.24, 2.45) is 5.92 Å². The molecule has 1 amide bonds. The summed E-state index contributed by atoms with van der Waals surface area (Å²) in [5, 5.41) is 9.86. The third kappa shape index (κ3) is 3.17. The number of aromatic nitrogens is 1. The fourth-order valence-electron chi connectivity index (χ4n) is 3.66. The maximum absolute atomic E-state index is 12.4. The molecule has 0 spiro atoms. The Morgan fingerprint density at radius 1 is 1.38 bits per heavy atom. The number of likely N-dealkylation sites (tertiary alicyclic amines) is 1. The van der Waals surface area contributed by atoms with Crippen LogP contribution in [0.3, 0.4) is 0 Å². The molecule has 0 aromatic carbocycles. The van der Waals surface area contributed by atoms with Gasteiger partial charge in [0.15, 0.2) is 0 Å². The molecule has 2 aliphatic heterocycles. The van der Waals surface area contributed by atoms with Gasteiger partial charge in [-0.3, -0.25) is 4.79 Å². The number of nitrogens with zero attached hydrogens (tertiary/aromatic N) is 2. The predicted molar refractivity (Wildman–Crippen MR) is 90.3 cm³/mol. The molecule has 2 bridgehead atoms. The maximum atomic E-state index is 12.4. The summed E-state index contributed by atoms with van der Waals surface area (Å²) in [6.07, 6.45) is 0.551. The van der Waals surface area contributed by atoms with Crippen LogP contribution in [0.5, 0.6) is 0 Å². The van der Waals surface area contributed by atoms with Crippen molar-refractivity contribution in [3.05, 3.63) is 32.7 Å². The van der Waals surface area contributed by atoms with Crippen LogP contribution in [0, 0.1) is 5.92 Å². The van der Waals surface area contributed by atoms with Crippen molar-refractivity contribution in [1.29, 1.82) is 0 Å². The van der Waals surface area contributed by atoms with Crippen molar-refractivity contribution in [2.75, 3.05) is 13.1 Å². The van der Waals surface area contributed by atoms with E-state index in [-0.39, 0.29) is 30.1 Å². The molecule has 1 saturated heterocycles. The monoisotopic (exact) mass is 354 g/mol. The van der Waals surface area contributed by atoms with Gasteiger partial charge in [-0.25, -0.2) is 4.79 Å². The Kier molecular flexibility index (Phi) is 4.38. The summed E-state index contributed by atoms with van der Waals surface area (Å²) in [6.45, 7) is 6.85. The van der Waals surface area contributed by atoms with Gasteiger partial charge in [-0.05, 0) is 33.1 Å². The number of pyridine rings is 1. The fraction of sp³-hybridized carbons (Fsp3) is 0.647. The van der Waals surface area contributed by atoms with Gasteiger partial charge in [0.1, 0.15) is 5.60 Å². The average Bonchev–Trinajstić information content (AvgIpc) is 2.48. The molecule has 1 aromatic rings. The molecule has 132 valence electrons. The molecule has 0 radical (unpaired) electrons. The number of ether oxygens (including phenoxy) is 1. The van der Waals surface area contributed by atoms with Crippen molar-refractivity contribution in [3.63, 3.8) is 0 Å². The van der Waals surface area contributed by atoms with Crippen molar-refractivity contribution >= 4 is 17.7 Å². The lowest BCUT2D eigenvalue weighted by atomic mass is 9.83. The summed E-state index contributed by atoms with van der Waals surface area (Å²) in [5.74, 6) is 0.189. The zero-order chi connectivity index (χ0) is 17.6. The lowest BCUT2D eigenvalue weighted by molar-refractivity contribution is 0.0102. The number of aliphatic hydroxyl groups excluding tert-OH is 1. The molecule has 2 aliphatic rings. The Morgan fingerprint density at radius 2 is 2.08 bits per heavy atom. The van der Waals surface area contributed by atoms with Crippen molar-refractivity contribution in [1.82, 2.24) is 9.47 Å². The molecule has 1 N–H and O–H groups in total. The van der Waals surface area contributed by atoms with E-state index >= 15 is 0 Å². The Morgan fingerprint density at radius 3 is 2.71 bits per heavy atom. The van der Waals surface area contributed by atoms with E-state index in [2.05, 4.69) is 0 Å². The first-order chi connectivity index (χ1) is 11.2. The second-order valence-corrected chi connectivity index (χ2v) is 8.04. The van der Waals surface area contributed by atoms with Crippen LogP contribution in [0.15, 0.2) is 10.9 Å². The Labute approximate surface area is 146 Å². The molecular weight excluding hydrogens is 332 g/mol. The zero-order valence-corrected chi connectivity index (χ0v) is 15.0. The summed E-state index contributed by atoms with van der Waals surface area (Å²) in [4.78, 5) is 26.4. The average molecular weight is 355 g/mol. The highest BCUT2D eigenvalue weighted by molar-refractivity contribution is 6.32. The first-order valence-electron chi connectivity index (χ1n) is 8.20. The van der Waals surface area contributed by atoms with Gasteiger partial charge in [-0.1, -0.05) is 11.6 Å². The summed E-state index contributed by atoms with van der Waals surface area (Å²) >= 11 is 6.42. The van der Waals surface area contributed by atoms with E-state index < -0.39 is 5.60 Å². The molecular formula is C17H23ClN2O4. The number of fused-ring (bicyclic) bond motifs is 4. The van der Waals surface area contributed by atoms with Gasteiger partial charge in [-0.2, -0.15) is 0 Å². The van der Waals surface area contributed by atoms with Crippen molar-refractivity contribution in [2.45, 2.75) is 51.9 Å². The van der Waals surface area contributed by atoms with Gasteiger partial charge in [0.05, 0.1) is 11.6 Å². The lowest BCUT2D eigenvalue weighted by Gasteiger charge is -2.43. The Bertz CT molecular complexity index is 723. The molecule has 3 rings (SSSR count). The summed E-state index contributed by atoms with van der Waals surface area (Å²) in [6, 6.07) is 1.40. The summed E-state index contributed by atoms with van der Waals surface area (Å²) in [5.41, 5.74) is 0.498. The number of aliphatic hydroxyl groups is 1. The van der Waals surface area contributed by atoms with E-state index in [9.17, 15) is 14.7 Å². The van der Waals surface area contributed by atoms with Gasteiger partial charge < -0.3 is 19.3 Å². The van der Waals surface area contributed by atoms with E-state index in [4.69, 9.17) is 16.3 Å². The van der Waals surface area contributed by atoms with Gasteiger partial charge in [0.2, 0.25) is 0 Å². The van der Waals surface area contributed by atoms with Crippen LogP contribution in [0.4, 0.5) is 4.79 Å². The van der Waals surface area contributed by atoms with Crippen LogP contribution in [-0.4, -0.2) is 39.4 Å². The first kappa shape index (κ1) is 17.3. The van der Waals surface area contributed by atoms with E-state index in [0.717, 1.165) is 12.1 Å².